The molecule has 0 radical (unpaired) electrons. The summed E-state index contributed by atoms with van der Waals surface area (Å²) < 4.78 is 29.1. The fourth-order valence-electron chi connectivity index (χ4n) is 2.28. The first-order valence-electron chi connectivity index (χ1n) is 7.15. The van der Waals surface area contributed by atoms with Crippen LogP contribution in [0, 0.1) is 0 Å². The van der Waals surface area contributed by atoms with Gasteiger partial charge in [0.05, 0.1) is 23.0 Å². The first-order chi connectivity index (χ1) is 11.5. The van der Waals surface area contributed by atoms with E-state index in [9.17, 15) is 8.42 Å². The Labute approximate surface area is 145 Å². The van der Waals surface area contributed by atoms with Gasteiger partial charge in [-0.05, 0) is 30.3 Å². The number of aromatic nitrogens is 3. The van der Waals surface area contributed by atoms with Gasteiger partial charge in [0.15, 0.2) is 0 Å². The smallest absolute Gasteiger partial charge is 0.242 e. The van der Waals surface area contributed by atoms with Gasteiger partial charge in [0.25, 0.3) is 0 Å². The molecule has 8 heteroatoms. The van der Waals surface area contributed by atoms with Gasteiger partial charge in [-0.15, -0.1) is 0 Å². The SMILES string of the molecule is Cn1nccc1-c1ccc(S(=O)(=O)NCc2ccccn2)c(Cl)c1. The Bertz CT molecular complexity index is 955. The van der Waals surface area contributed by atoms with Crippen LogP contribution < -0.4 is 4.72 Å². The number of pyridine rings is 1. The number of nitrogens with zero attached hydrogens (tertiary/aromatic N) is 3. The lowest BCUT2D eigenvalue weighted by Gasteiger charge is -2.10. The zero-order chi connectivity index (χ0) is 17.2. The van der Waals surface area contributed by atoms with Crippen molar-refractivity contribution in [2.24, 2.45) is 7.05 Å². The monoisotopic (exact) mass is 362 g/mol. The molecule has 3 rings (SSSR count). The van der Waals surface area contributed by atoms with Gasteiger partial charge in [-0.25, -0.2) is 13.1 Å². The van der Waals surface area contributed by atoms with Crippen LogP contribution in [0.15, 0.2) is 59.8 Å². The molecule has 0 aliphatic rings. The molecule has 0 amide bonds. The Hall–Kier alpha value is -2.22. The minimum atomic E-state index is -3.73. The van der Waals surface area contributed by atoms with Gasteiger partial charge in [-0.2, -0.15) is 5.10 Å². The van der Waals surface area contributed by atoms with Crippen LogP contribution >= 0.6 is 11.6 Å². The van der Waals surface area contributed by atoms with E-state index in [2.05, 4.69) is 14.8 Å². The molecule has 0 spiro atoms. The van der Waals surface area contributed by atoms with E-state index in [4.69, 9.17) is 11.6 Å². The second kappa shape index (κ2) is 6.72. The fraction of sp³-hybridized carbons (Fsp3) is 0.125. The number of hydrogen-bond acceptors (Lipinski definition) is 4. The van der Waals surface area contributed by atoms with Crippen molar-refractivity contribution >= 4 is 21.6 Å². The number of rotatable bonds is 5. The molecule has 0 unspecified atom stereocenters. The van der Waals surface area contributed by atoms with Crippen LogP contribution in [0.4, 0.5) is 0 Å². The molecule has 124 valence electrons. The molecule has 0 fully saturated rings. The first-order valence-corrected chi connectivity index (χ1v) is 9.01. The Balaban J connectivity index is 1.84. The van der Waals surface area contributed by atoms with Crippen molar-refractivity contribution in [2.75, 3.05) is 0 Å². The molecule has 0 aliphatic carbocycles. The third-order valence-corrected chi connectivity index (χ3v) is 5.39. The summed E-state index contributed by atoms with van der Waals surface area (Å²) in [5.41, 5.74) is 2.27. The lowest BCUT2D eigenvalue weighted by molar-refractivity contribution is 0.580. The predicted molar refractivity (Wildman–Crippen MR) is 91.9 cm³/mol. The van der Waals surface area contributed by atoms with Gasteiger partial charge < -0.3 is 0 Å². The highest BCUT2D eigenvalue weighted by atomic mass is 35.5. The van der Waals surface area contributed by atoms with Crippen molar-refractivity contribution in [3.05, 3.63) is 65.6 Å². The normalized spacial score (nSPS) is 11.6. The molecule has 2 heterocycles. The molecule has 0 saturated carbocycles. The predicted octanol–water partition coefficient (Wildman–Crippen LogP) is 2.61. The van der Waals surface area contributed by atoms with Gasteiger partial charge in [0.2, 0.25) is 10.0 Å². The number of sulfonamides is 1. The highest BCUT2D eigenvalue weighted by Gasteiger charge is 2.19. The summed E-state index contributed by atoms with van der Waals surface area (Å²) in [6.45, 7) is 0.100. The quantitative estimate of drug-likeness (QED) is 0.756. The molecule has 24 heavy (non-hydrogen) atoms. The summed E-state index contributed by atoms with van der Waals surface area (Å²) in [5.74, 6) is 0. The summed E-state index contributed by atoms with van der Waals surface area (Å²) in [6.07, 6.45) is 3.28. The third-order valence-electron chi connectivity index (χ3n) is 3.51. The largest absolute Gasteiger partial charge is 0.268 e. The molecule has 2 aromatic heterocycles. The molecule has 1 aromatic carbocycles. The van der Waals surface area contributed by atoms with E-state index in [1.54, 1.807) is 47.4 Å². The Kier molecular flexibility index (Phi) is 4.66. The fourth-order valence-corrected chi connectivity index (χ4v) is 3.83. The van der Waals surface area contributed by atoms with Gasteiger partial charge in [0.1, 0.15) is 4.90 Å². The maximum atomic E-state index is 12.5. The highest BCUT2D eigenvalue weighted by molar-refractivity contribution is 7.89. The molecule has 0 saturated heterocycles. The van der Waals surface area contributed by atoms with E-state index in [1.165, 1.54) is 6.07 Å². The average molecular weight is 363 g/mol. The van der Waals surface area contributed by atoms with Gasteiger partial charge in [0, 0.05) is 25.0 Å². The lowest BCUT2D eigenvalue weighted by atomic mass is 10.1. The van der Waals surface area contributed by atoms with Crippen molar-refractivity contribution in [3.63, 3.8) is 0 Å². The van der Waals surface area contributed by atoms with Crippen molar-refractivity contribution in [1.82, 2.24) is 19.5 Å². The molecule has 1 N–H and O–H groups in total. The first kappa shape index (κ1) is 16.6. The number of benzene rings is 1. The van der Waals surface area contributed by atoms with Crippen molar-refractivity contribution < 1.29 is 8.42 Å². The second-order valence-corrected chi connectivity index (χ2v) is 7.27. The van der Waals surface area contributed by atoms with E-state index in [0.29, 0.717) is 5.69 Å². The van der Waals surface area contributed by atoms with E-state index in [-0.39, 0.29) is 16.5 Å². The maximum absolute atomic E-state index is 12.5. The number of halogens is 1. The summed E-state index contributed by atoms with van der Waals surface area (Å²) in [6, 6.07) is 12.0. The van der Waals surface area contributed by atoms with E-state index in [0.717, 1.165) is 11.3 Å². The van der Waals surface area contributed by atoms with Crippen molar-refractivity contribution in [1.29, 1.82) is 0 Å². The van der Waals surface area contributed by atoms with Crippen LogP contribution in [0.2, 0.25) is 5.02 Å². The van der Waals surface area contributed by atoms with Crippen molar-refractivity contribution in [3.8, 4) is 11.3 Å². The number of nitrogens with one attached hydrogen (secondary N) is 1. The molecule has 0 bridgehead atoms. The van der Waals surface area contributed by atoms with Crippen LogP contribution in [-0.4, -0.2) is 23.2 Å². The molecule has 0 aliphatic heterocycles. The minimum absolute atomic E-state index is 0.0333. The zero-order valence-electron chi connectivity index (χ0n) is 12.8. The topological polar surface area (TPSA) is 76.9 Å². The summed E-state index contributed by atoms with van der Waals surface area (Å²) in [5, 5.41) is 4.25. The Morgan fingerprint density at radius 1 is 1.17 bits per heavy atom. The Morgan fingerprint density at radius 2 is 2.00 bits per heavy atom. The summed E-state index contributed by atoms with van der Waals surface area (Å²) in [4.78, 5) is 4.12. The molecule has 6 nitrogen and oxygen atoms in total. The van der Waals surface area contributed by atoms with Crippen LogP contribution in [0.3, 0.4) is 0 Å². The van der Waals surface area contributed by atoms with E-state index >= 15 is 0 Å². The molecular weight excluding hydrogens is 348 g/mol. The van der Waals surface area contributed by atoms with Crippen LogP contribution in [0.5, 0.6) is 0 Å². The van der Waals surface area contributed by atoms with Gasteiger partial charge in [-0.3, -0.25) is 9.67 Å². The van der Waals surface area contributed by atoms with Gasteiger partial charge in [-0.1, -0.05) is 23.7 Å². The highest BCUT2D eigenvalue weighted by Crippen LogP contribution is 2.28. The van der Waals surface area contributed by atoms with Crippen LogP contribution in [0.1, 0.15) is 5.69 Å². The molecular formula is C16H15ClN4O2S. The van der Waals surface area contributed by atoms with Crippen LogP contribution in [-0.2, 0) is 23.6 Å². The Morgan fingerprint density at radius 3 is 2.62 bits per heavy atom. The van der Waals surface area contributed by atoms with E-state index in [1.807, 2.05) is 13.1 Å². The second-order valence-electron chi connectivity index (χ2n) is 5.13. The van der Waals surface area contributed by atoms with Gasteiger partial charge >= 0.3 is 0 Å². The summed E-state index contributed by atoms with van der Waals surface area (Å²) in [7, 11) is -1.92. The lowest BCUT2D eigenvalue weighted by Crippen LogP contribution is -2.24. The standard InChI is InChI=1S/C16H15ClN4O2S/c1-21-15(7-9-19-21)12-5-6-16(14(17)10-12)24(22,23)20-11-13-4-2-3-8-18-13/h2-10,20H,11H2,1H3. The van der Waals surface area contributed by atoms with Crippen LogP contribution in [0.25, 0.3) is 11.3 Å². The average Bonchev–Trinajstić information content (AvgIpc) is 3.00. The molecule has 3 aromatic rings. The minimum Gasteiger partial charge on any atom is -0.268 e. The van der Waals surface area contributed by atoms with E-state index < -0.39 is 10.0 Å². The third kappa shape index (κ3) is 3.48. The molecule has 0 atom stereocenters. The maximum Gasteiger partial charge on any atom is 0.242 e. The summed E-state index contributed by atoms with van der Waals surface area (Å²) >= 11 is 6.20. The number of hydrogen-bond donors (Lipinski definition) is 1. The number of aryl methyl sites for hydroxylation is 1. The van der Waals surface area contributed by atoms with Crippen molar-refractivity contribution in [2.45, 2.75) is 11.4 Å². The zero-order valence-corrected chi connectivity index (χ0v) is 14.4.